The summed E-state index contributed by atoms with van der Waals surface area (Å²) in [4.78, 5) is 0. The number of rotatable bonds is 4. The number of hydrogen-bond donors (Lipinski definition) is 0. The summed E-state index contributed by atoms with van der Waals surface area (Å²) in [6.07, 6.45) is 0. The third kappa shape index (κ3) is 3.35. The molecule has 0 fully saturated rings. The van der Waals surface area contributed by atoms with Gasteiger partial charge in [0.05, 0.1) is 26.9 Å². The van der Waals surface area contributed by atoms with E-state index < -0.39 is 0 Å². The molecule has 0 aliphatic carbocycles. The minimum absolute atomic E-state index is 0.0696. The van der Waals surface area contributed by atoms with Crippen LogP contribution in [0.5, 0.6) is 17.2 Å². The molecular formula is C21H28O3. The van der Waals surface area contributed by atoms with Crippen LogP contribution >= 0.6 is 0 Å². The van der Waals surface area contributed by atoms with E-state index in [4.69, 9.17) is 14.2 Å². The molecule has 0 aliphatic heterocycles. The standard InChI is InChI=1S/C21H28O3/c1-13-9-15(21(3,4)5)10-17(14(13)2)20-18(23-7)11-16(22-6)12-19(20)24-8/h9-12H,1-8H3. The molecule has 130 valence electrons. The number of methoxy groups -OCH3 is 3. The molecule has 2 rings (SSSR count). The highest BCUT2D eigenvalue weighted by Crippen LogP contribution is 2.44. The van der Waals surface area contributed by atoms with Crippen molar-refractivity contribution >= 4 is 0 Å². The van der Waals surface area contributed by atoms with Gasteiger partial charge >= 0.3 is 0 Å². The molecule has 0 spiro atoms. The third-order valence-corrected chi connectivity index (χ3v) is 4.52. The highest BCUT2D eigenvalue weighted by molar-refractivity contribution is 5.81. The normalized spacial score (nSPS) is 11.3. The molecule has 2 aromatic carbocycles. The van der Waals surface area contributed by atoms with Gasteiger partial charge in [-0.2, -0.15) is 0 Å². The first kappa shape index (κ1) is 18.2. The molecule has 0 saturated carbocycles. The van der Waals surface area contributed by atoms with Gasteiger partial charge in [-0.3, -0.25) is 0 Å². The van der Waals surface area contributed by atoms with Gasteiger partial charge in [-0.25, -0.2) is 0 Å². The lowest BCUT2D eigenvalue weighted by Gasteiger charge is -2.24. The molecule has 0 atom stereocenters. The maximum absolute atomic E-state index is 5.65. The fraction of sp³-hybridized carbons (Fsp3) is 0.429. The molecule has 3 heteroatoms. The Morgan fingerprint density at radius 1 is 0.750 bits per heavy atom. The first-order valence-electron chi connectivity index (χ1n) is 8.15. The zero-order chi connectivity index (χ0) is 18.1. The van der Waals surface area contributed by atoms with E-state index in [1.165, 1.54) is 16.7 Å². The largest absolute Gasteiger partial charge is 0.496 e. The molecule has 0 amide bonds. The topological polar surface area (TPSA) is 27.7 Å². The van der Waals surface area contributed by atoms with Gasteiger partial charge in [0.15, 0.2) is 0 Å². The number of aryl methyl sites for hydroxylation is 1. The van der Waals surface area contributed by atoms with Gasteiger partial charge in [-0.15, -0.1) is 0 Å². The average Bonchev–Trinajstić information content (AvgIpc) is 2.55. The zero-order valence-corrected chi connectivity index (χ0v) is 16.0. The Morgan fingerprint density at radius 2 is 1.29 bits per heavy atom. The lowest BCUT2D eigenvalue weighted by molar-refractivity contribution is 0.377. The van der Waals surface area contributed by atoms with Crippen LogP contribution in [0.25, 0.3) is 11.1 Å². The predicted molar refractivity (Wildman–Crippen MR) is 99.7 cm³/mol. The van der Waals surface area contributed by atoms with Crippen molar-refractivity contribution in [3.63, 3.8) is 0 Å². The van der Waals surface area contributed by atoms with Crippen LogP contribution in [0.2, 0.25) is 0 Å². The predicted octanol–water partition coefficient (Wildman–Crippen LogP) is 5.29. The summed E-state index contributed by atoms with van der Waals surface area (Å²) in [5.41, 5.74) is 5.95. The van der Waals surface area contributed by atoms with Crippen molar-refractivity contribution in [1.29, 1.82) is 0 Å². The summed E-state index contributed by atoms with van der Waals surface area (Å²) < 4.78 is 16.7. The Morgan fingerprint density at radius 3 is 1.71 bits per heavy atom. The molecule has 2 aromatic rings. The van der Waals surface area contributed by atoms with E-state index in [0.29, 0.717) is 5.75 Å². The average molecular weight is 328 g/mol. The van der Waals surface area contributed by atoms with Crippen LogP contribution in [0.4, 0.5) is 0 Å². The highest BCUT2D eigenvalue weighted by Gasteiger charge is 2.21. The Hall–Kier alpha value is -2.16. The van der Waals surface area contributed by atoms with Gasteiger partial charge in [-0.1, -0.05) is 32.9 Å². The molecule has 24 heavy (non-hydrogen) atoms. The van der Waals surface area contributed by atoms with E-state index in [-0.39, 0.29) is 5.41 Å². The first-order chi connectivity index (χ1) is 11.2. The lowest BCUT2D eigenvalue weighted by Crippen LogP contribution is -2.12. The summed E-state index contributed by atoms with van der Waals surface area (Å²) >= 11 is 0. The molecule has 0 aliphatic rings. The maximum atomic E-state index is 5.65. The van der Waals surface area contributed by atoms with Crippen LogP contribution in [0, 0.1) is 13.8 Å². The molecular weight excluding hydrogens is 300 g/mol. The summed E-state index contributed by atoms with van der Waals surface area (Å²) in [6.45, 7) is 11.0. The third-order valence-electron chi connectivity index (χ3n) is 4.52. The van der Waals surface area contributed by atoms with Gasteiger partial charge < -0.3 is 14.2 Å². The Kier molecular flexibility index (Phi) is 5.12. The van der Waals surface area contributed by atoms with E-state index >= 15 is 0 Å². The quantitative estimate of drug-likeness (QED) is 0.763. The first-order valence-corrected chi connectivity index (χ1v) is 8.15. The SMILES string of the molecule is COc1cc(OC)c(-c2cc(C(C)(C)C)cc(C)c2C)c(OC)c1. The molecule has 0 heterocycles. The fourth-order valence-corrected chi connectivity index (χ4v) is 2.82. The zero-order valence-electron chi connectivity index (χ0n) is 16.0. The molecule has 0 saturated heterocycles. The minimum atomic E-state index is 0.0696. The summed E-state index contributed by atoms with van der Waals surface area (Å²) in [5.74, 6) is 2.22. The molecule has 0 radical (unpaired) electrons. The van der Waals surface area contributed by atoms with Crippen molar-refractivity contribution in [2.45, 2.75) is 40.0 Å². The van der Waals surface area contributed by atoms with Gasteiger partial charge in [0.2, 0.25) is 0 Å². The van der Waals surface area contributed by atoms with Gasteiger partial charge in [0.25, 0.3) is 0 Å². The van der Waals surface area contributed by atoms with Gasteiger partial charge in [0, 0.05) is 12.1 Å². The maximum Gasteiger partial charge on any atom is 0.134 e. The minimum Gasteiger partial charge on any atom is -0.496 e. The Balaban J connectivity index is 2.83. The summed E-state index contributed by atoms with van der Waals surface area (Å²) in [5, 5.41) is 0. The fourth-order valence-electron chi connectivity index (χ4n) is 2.82. The smallest absolute Gasteiger partial charge is 0.134 e. The molecule has 0 bridgehead atoms. The van der Waals surface area contributed by atoms with E-state index in [9.17, 15) is 0 Å². The second kappa shape index (κ2) is 6.76. The molecule has 0 unspecified atom stereocenters. The van der Waals surface area contributed by atoms with E-state index in [1.807, 2.05) is 12.1 Å². The second-order valence-electron chi connectivity index (χ2n) is 7.12. The molecule has 3 nitrogen and oxygen atoms in total. The van der Waals surface area contributed by atoms with Crippen molar-refractivity contribution in [1.82, 2.24) is 0 Å². The van der Waals surface area contributed by atoms with Crippen LogP contribution in [-0.2, 0) is 5.41 Å². The Labute approximate surface area is 145 Å². The van der Waals surface area contributed by atoms with Crippen LogP contribution in [0.3, 0.4) is 0 Å². The van der Waals surface area contributed by atoms with Crippen LogP contribution < -0.4 is 14.2 Å². The summed E-state index contributed by atoms with van der Waals surface area (Å²) in [6, 6.07) is 8.31. The van der Waals surface area contributed by atoms with Crippen molar-refractivity contribution in [2.75, 3.05) is 21.3 Å². The van der Waals surface area contributed by atoms with Crippen molar-refractivity contribution in [3.8, 4) is 28.4 Å². The lowest BCUT2D eigenvalue weighted by atomic mass is 9.82. The molecule has 0 N–H and O–H groups in total. The monoisotopic (exact) mass is 328 g/mol. The van der Waals surface area contributed by atoms with Gasteiger partial charge in [-0.05, 0) is 41.5 Å². The number of benzene rings is 2. The van der Waals surface area contributed by atoms with Gasteiger partial charge in [0.1, 0.15) is 17.2 Å². The van der Waals surface area contributed by atoms with Crippen LogP contribution in [-0.4, -0.2) is 21.3 Å². The van der Waals surface area contributed by atoms with E-state index in [0.717, 1.165) is 22.6 Å². The van der Waals surface area contributed by atoms with Crippen molar-refractivity contribution < 1.29 is 14.2 Å². The second-order valence-corrected chi connectivity index (χ2v) is 7.12. The summed E-state index contributed by atoms with van der Waals surface area (Å²) in [7, 11) is 4.99. The number of ether oxygens (including phenoxy) is 3. The van der Waals surface area contributed by atoms with E-state index in [1.54, 1.807) is 21.3 Å². The van der Waals surface area contributed by atoms with Crippen LogP contribution in [0.1, 0.15) is 37.5 Å². The van der Waals surface area contributed by atoms with Crippen molar-refractivity contribution in [2.24, 2.45) is 0 Å². The Bertz CT molecular complexity index is 714. The highest BCUT2D eigenvalue weighted by atomic mass is 16.5. The number of hydrogen-bond acceptors (Lipinski definition) is 3. The van der Waals surface area contributed by atoms with E-state index in [2.05, 4.69) is 46.8 Å². The van der Waals surface area contributed by atoms with Crippen LogP contribution in [0.15, 0.2) is 24.3 Å². The molecule has 0 aromatic heterocycles. The van der Waals surface area contributed by atoms with Crippen molar-refractivity contribution in [3.05, 3.63) is 41.0 Å².